The average molecular weight is 398 g/mol. The predicted octanol–water partition coefficient (Wildman–Crippen LogP) is 3.38. The van der Waals surface area contributed by atoms with E-state index in [2.05, 4.69) is 0 Å². The van der Waals surface area contributed by atoms with Crippen molar-refractivity contribution >= 4 is 23.7 Å². The van der Waals surface area contributed by atoms with Gasteiger partial charge >= 0.3 is 0 Å². The van der Waals surface area contributed by atoms with Crippen LogP contribution in [-0.2, 0) is 9.59 Å². The molecule has 2 aromatic carbocycles. The Morgan fingerprint density at radius 1 is 0.793 bits per heavy atom. The Bertz CT molecular complexity index is 933. The van der Waals surface area contributed by atoms with Crippen molar-refractivity contribution in [3.63, 3.8) is 0 Å². The van der Waals surface area contributed by atoms with Crippen molar-refractivity contribution in [1.82, 2.24) is 0 Å². The van der Waals surface area contributed by atoms with E-state index in [-0.39, 0.29) is 23.7 Å². The van der Waals surface area contributed by atoms with E-state index in [1.807, 2.05) is 0 Å². The number of aromatic hydroxyl groups is 2. The van der Waals surface area contributed by atoms with Crippen LogP contribution in [0.1, 0.15) is 17.5 Å². The van der Waals surface area contributed by atoms with Gasteiger partial charge in [-0.1, -0.05) is 18.2 Å². The first kappa shape index (κ1) is 21.6. The topological polar surface area (TPSA) is 102 Å². The standard InChI is InChI=1S/C22H22O7/c1-27-20-11-15(12-21(28-2)22(20)29-3)5-8-17(24)13-16(23)7-4-14-6-9-18(25)19(26)10-14/h4-12,25-26H,13H2,1-3H3/b7-4+,8-5+. The SMILES string of the molecule is COc1cc(/C=C/C(=O)CC(=O)/C=C/c2ccc(O)c(O)c2)cc(OC)c1OC. The van der Waals surface area contributed by atoms with Gasteiger partial charge in [0.2, 0.25) is 5.75 Å². The van der Waals surface area contributed by atoms with Gasteiger partial charge in [0, 0.05) is 0 Å². The van der Waals surface area contributed by atoms with E-state index in [4.69, 9.17) is 14.2 Å². The molecule has 7 nitrogen and oxygen atoms in total. The fraction of sp³-hybridized carbons (Fsp3) is 0.182. The molecule has 152 valence electrons. The maximum absolute atomic E-state index is 12.1. The summed E-state index contributed by atoms with van der Waals surface area (Å²) in [4.78, 5) is 24.0. The molecule has 7 heteroatoms. The smallest absolute Gasteiger partial charge is 0.203 e. The molecule has 0 fully saturated rings. The highest BCUT2D eigenvalue weighted by molar-refractivity contribution is 6.10. The van der Waals surface area contributed by atoms with Gasteiger partial charge in [-0.3, -0.25) is 9.59 Å². The van der Waals surface area contributed by atoms with Crippen LogP contribution in [-0.4, -0.2) is 43.1 Å². The maximum Gasteiger partial charge on any atom is 0.203 e. The van der Waals surface area contributed by atoms with Gasteiger partial charge in [-0.25, -0.2) is 0 Å². The Hall–Kier alpha value is -3.74. The summed E-state index contributed by atoms with van der Waals surface area (Å²) in [5.41, 5.74) is 1.17. The molecule has 2 N–H and O–H groups in total. The van der Waals surface area contributed by atoms with Gasteiger partial charge in [0.25, 0.3) is 0 Å². The van der Waals surface area contributed by atoms with Crippen molar-refractivity contribution < 1.29 is 34.0 Å². The van der Waals surface area contributed by atoms with Gasteiger partial charge in [-0.2, -0.15) is 0 Å². The second-order valence-corrected chi connectivity index (χ2v) is 5.98. The number of hydrogen-bond acceptors (Lipinski definition) is 7. The molecule has 0 radical (unpaired) electrons. The molecule has 0 spiro atoms. The molecule has 0 saturated heterocycles. The van der Waals surface area contributed by atoms with Crippen LogP contribution in [0.15, 0.2) is 42.5 Å². The Balaban J connectivity index is 2.04. The third-order valence-electron chi connectivity index (χ3n) is 3.96. The zero-order chi connectivity index (χ0) is 21.4. The van der Waals surface area contributed by atoms with E-state index in [1.165, 1.54) is 57.8 Å². The van der Waals surface area contributed by atoms with Crippen molar-refractivity contribution in [2.24, 2.45) is 0 Å². The van der Waals surface area contributed by atoms with Gasteiger partial charge in [0.05, 0.1) is 27.8 Å². The highest BCUT2D eigenvalue weighted by Gasteiger charge is 2.12. The van der Waals surface area contributed by atoms with E-state index in [0.717, 1.165) is 0 Å². The van der Waals surface area contributed by atoms with Gasteiger partial charge < -0.3 is 24.4 Å². The van der Waals surface area contributed by atoms with Crippen LogP contribution >= 0.6 is 0 Å². The number of allylic oxidation sites excluding steroid dienone is 2. The molecule has 2 aromatic rings. The molecule has 2 rings (SSSR count). The lowest BCUT2D eigenvalue weighted by molar-refractivity contribution is -0.121. The zero-order valence-corrected chi connectivity index (χ0v) is 16.3. The minimum absolute atomic E-state index is 0.249. The molecule has 0 bridgehead atoms. The second kappa shape index (κ2) is 9.98. The normalized spacial score (nSPS) is 11.0. The fourth-order valence-electron chi connectivity index (χ4n) is 2.51. The molecule has 0 saturated carbocycles. The summed E-state index contributed by atoms with van der Waals surface area (Å²) >= 11 is 0. The number of phenolic OH excluding ortho intramolecular Hbond substituents is 2. The molecule has 0 unspecified atom stereocenters. The molecule has 0 atom stereocenters. The molecule has 0 aromatic heterocycles. The van der Waals surface area contributed by atoms with Crippen LogP contribution in [0.25, 0.3) is 12.2 Å². The van der Waals surface area contributed by atoms with Crippen LogP contribution < -0.4 is 14.2 Å². The first-order valence-electron chi connectivity index (χ1n) is 8.61. The van der Waals surface area contributed by atoms with Crippen LogP contribution in [0.5, 0.6) is 28.7 Å². The van der Waals surface area contributed by atoms with Crippen LogP contribution in [0, 0.1) is 0 Å². The average Bonchev–Trinajstić information content (AvgIpc) is 2.72. The summed E-state index contributed by atoms with van der Waals surface area (Å²) in [7, 11) is 4.49. The van der Waals surface area contributed by atoms with Gasteiger partial charge in [-0.05, 0) is 47.5 Å². The number of carbonyl (C=O) groups is 2. The van der Waals surface area contributed by atoms with E-state index in [0.29, 0.717) is 28.4 Å². The summed E-state index contributed by atoms with van der Waals surface area (Å²) in [5.74, 6) is 0.0490. The molecule has 0 heterocycles. The molecule has 0 aliphatic heterocycles. The van der Waals surface area contributed by atoms with Gasteiger partial charge in [-0.15, -0.1) is 0 Å². The summed E-state index contributed by atoms with van der Waals surface area (Å²) in [6.45, 7) is 0. The number of methoxy groups -OCH3 is 3. The first-order valence-corrected chi connectivity index (χ1v) is 8.61. The summed E-state index contributed by atoms with van der Waals surface area (Å²) in [6.07, 6.45) is 5.26. The Morgan fingerprint density at radius 3 is 1.83 bits per heavy atom. The lowest BCUT2D eigenvalue weighted by Crippen LogP contribution is -2.02. The Morgan fingerprint density at radius 2 is 1.34 bits per heavy atom. The third-order valence-corrected chi connectivity index (χ3v) is 3.96. The predicted molar refractivity (Wildman–Crippen MR) is 109 cm³/mol. The molecule has 0 aliphatic rings. The van der Waals surface area contributed by atoms with E-state index in [9.17, 15) is 19.8 Å². The number of benzene rings is 2. The summed E-state index contributed by atoms with van der Waals surface area (Å²) in [5, 5.41) is 18.7. The third kappa shape index (κ3) is 5.87. The highest BCUT2D eigenvalue weighted by atomic mass is 16.5. The first-order chi connectivity index (χ1) is 13.9. The number of carbonyl (C=O) groups excluding carboxylic acids is 2. The minimum atomic E-state index is -0.392. The van der Waals surface area contributed by atoms with Crippen molar-refractivity contribution in [1.29, 1.82) is 0 Å². The van der Waals surface area contributed by atoms with Crippen LogP contribution in [0.3, 0.4) is 0 Å². The molecular formula is C22H22O7. The van der Waals surface area contributed by atoms with E-state index < -0.39 is 5.78 Å². The number of rotatable bonds is 9. The number of ether oxygens (including phenoxy) is 3. The summed E-state index contributed by atoms with van der Waals surface area (Å²) in [6, 6.07) is 7.52. The van der Waals surface area contributed by atoms with Crippen molar-refractivity contribution in [3.8, 4) is 28.7 Å². The van der Waals surface area contributed by atoms with E-state index >= 15 is 0 Å². The van der Waals surface area contributed by atoms with Crippen molar-refractivity contribution in [2.45, 2.75) is 6.42 Å². The summed E-state index contributed by atoms with van der Waals surface area (Å²) < 4.78 is 15.8. The minimum Gasteiger partial charge on any atom is -0.504 e. The largest absolute Gasteiger partial charge is 0.504 e. The monoisotopic (exact) mass is 398 g/mol. The Kier molecular flexibility index (Phi) is 7.42. The number of phenols is 2. The molecule has 29 heavy (non-hydrogen) atoms. The molecular weight excluding hydrogens is 376 g/mol. The van der Waals surface area contributed by atoms with Crippen molar-refractivity contribution in [2.75, 3.05) is 21.3 Å². The lowest BCUT2D eigenvalue weighted by Gasteiger charge is -2.12. The number of hydrogen-bond donors (Lipinski definition) is 2. The molecule has 0 aliphatic carbocycles. The molecule has 0 amide bonds. The van der Waals surface area contributed by atoms with Gasteiger partial charge in [0.15, 0.2) is 34.6 Å². The van der Waals surface area contributed by atoms with Crippen LogP contribution in [0.4, 0.5) is 0 Å². The van der Waals surface area contributed by atoms with Crippen molar-refractivity contribution in [3.05, 3.63) is 53.6 Å². The van der Waals surface area contributed by atoms with Crippen LogP contribution in [0.2, 0.25) is 0 Å². The number of ketones is 2. The lowest BCUT2D eigenvalue weighted by atomic mass is 10.1. The van der Waals surface area contributed by atoms with E-state index in [1.54, 1.807) is 18.2 Å². The fourth-order valence-corrected chi connectivity index (χ4v) is 2.51. The highest BCUT2D eigenvalue weighted by Crippen LogP contribution is 2.38. The maximum atomic E-state index is 12.1. The Labute approximate surface area is 168 Å². The second-order valence-electron chi connectivity index (χ2n) is 5.98. The zero-order valence-electron chi connectivity index (χ0n) is 16.3. The van der Waals surface area contributed by atoms with Gasteiger partial charge in [0.1, 0.15) is 0 Å². The quantitative estimate of drug-likeness (QED) is 0.379.